The first-order valence-corrected chi connectivity index (χ1v) is 10.9. The van der Waals surface area contributed by atoms with E-state index in [0.717, 1.165) is 51.6 Å². The highest BCUT2D eigenvalue weighted by Crippen LogP contribution is 2.60. The van der Waals surface area contributed by atoms with Crippen LogP contribution in [0.1, 0.15) is 69.4 Å². The van der Waals surface area contributed by atoms with Crippen molar-refractivity contribution >= 4 is 11.8 Å². The number of carbonyl (C=O) groups excluding carboxylic acids is 2. The Hall–Kier alpha value is -1.84. The lowest BCUT2D eigenvalue weighted by Gasteiger charge is -2.59. The minimum atomic E-state index is -0.139. The number of nitrogens with zero attached hydrogens (tertiary/aromatic N) is 2. The van der Waals surface area contributed by atoms with Crippen molar-refractivity contribution in [1.82, 2.24) is 9.80 Å². The van der Waals surface area contributed by atoms with E-state index < -0.39 is 0 Å². The van der Waals surface area contributed by atoms with Crippen molar-refractivity contribution in [3.05, 3.63) is 35.9 Å². The Morgan fingerprint density at radius 2 is 1.59 bits per heavy atom. The molecule has 1 aromatic carbocycles. The number of piperidine rings is 1. The Balaban J connectivity index is 1.32. The molecular formula is C23H30N2O2. The van der Waals surface area contributed by atoms with Crippen LogP contribution in [0.3, 0.4) is 0 Å². The molecule has 0 bridgehead atoms. The van der Waals surface area contributed by atoms with Gasteiger partial charge in [-0.1, -0.05) is 49.6 Å². The van der Waals surface area contributed by atoms with Gasteiger partial charge in [0.05, 0.1) is 11.5 Å². The molecule has 1 atom stereocenters. The molecule has 4 nitrogen and oxygen atoms in total. The first-order chi connectivity index (χ1) is 13.2. The maximum atomic E-state index is 13.3. The summed E-state index contributed by atoms with van der Waals surface area (Å²) in [6.45, 7) is 1.64. The molecule has 2 aliphatic heterocycles. The van der Waals surface area contributed by atoms with Gasteiger partial charge in [0.1, 0.15) is 0 Å². The van der Waals surface area contributed by atoms with Crippen LogP contribution in [0.25, 0.3) is 0 Å². The molecule has 0 N–H and O–H groups in total. The van der Waals surface area contributed by atoms with Crippen LogP contribution in [0.5, 0.6) is 0 Å². The van der Waals surface area contributed by atoms with Crippen LogP contribution in [-0.2, 0) is 9.59 Å². The summed E-state index contributed by atoms with van der Waals surface area (Å²) >= 11 is 0. The number of hydrogen-bond acceptors (Lipinski definition) is 2. The fourth-order valence-electron chi connectivity index (χ4n) is 5.95. The lowest BCUT2D eigenvalue weighted by Crippen LogP contribution is -2.66. The summed E-state index contributed by atoms with van der Waals surface area (Å²) in [5.41, 5.74) is 1.16. The lowest BCUT2D eigenvalue weighted by atomic mass is 9.65. The molecule has 4 aliphatic rings. The van der Waals surface area contributed by atoms with Gasteiger partial charge in [-0.25, -0.2) is 0 Å². The molecule has 27 heavy (non-hydrogen) atoms. The highest BCUT2D eigenvalue weighted by atomic mass is 16.2. The second-order valence-electron chi connectivity index (χ2n) is 9.07. The molecule has 2 saturated carbocycles. The summed E-state index contributed by atoms with van der Waals surface area (Å²) in [7, 11) is 0. The van der Waals surface area contributed by atoms with Crippen molar-refractivity contribution in [2.45, 2.75) is 69.9 Å². The van der Waals surface area contributed by atoms with Crippen LogP contribution in [0.2, 0.25) is 0 Å². The smallest absolute Gasteiger partial charge is 0.232 e. The number of β-lactam (4-membered cyclic amide) rings is 1. The summed E-state index contributed by atoms with van der Waals surface area (Å²) in [6, 6.07) is 11.2. The fourth-order valence-corrected chi connectivity index (χ4v) is 5.95. The summed E-state index contributed by atoms with van der Waals surface area (Å²) < 4.78 is 0. The van der Waals surface area contributed by atoms with E-state index in [9.17, 15) is 9.59 Å². The van der Waals surface area contributed by atoms with Gasteiger partial charge < -0.3 is 9.80 Å². The third-order valence-corrected chi connectivity index (χ3v) is 7.70. The number of likely N-dealkylation sites (tertiary alicyclic amines) is 2. The maximum Gasteiger partial charge on any atom is 0.232 e. The molecule has 1 aromatic rings. The zero-order valence-electron chi connectivity index (χ0n) is 16.1. The molecule has 2 heterocycles. The van der Waals surface area contributed by atoms with Gasteiger partial charge in [0, 0.05) is 25.0 Å². The fraction of sp³-hybridized carbons (Fsp3) is 0.652. The van der Waals surface area contributed by atoms with Crippen molar-refractivity contribution in [1.29, 1.82) is 0 Å². The minimum Gasteiger partial charge on any atom is -0.342 e. The van der Waals surface area contributed by atoms with E-state index in [4.69, 9.17) is 0 Å². The highest BCUT2D eigenvalue weighted by Gasteiger charge is 2.63. The van der Waals surface area contributed by atoms with Gasteiger partial charge in [0.15, 0.2) is 0 Å². The second-order valence-corrected chi connectivity index (χ2v) is 9.07. The molecule has 0 radical (unpaired) electrons. The van der Waals surface area contributed by atoms with Gasteiger partial charge >= 0.3 is 0 Å². The Labute approximate surface area is 161 Å². The molecule has 4 fully saturated rings. The van der Waals surface area contributed by atoms with Crippen LogP contribution in [-0.4, -0.2) is 40.7 Å². The molecule has 4 heteroatoms. The van der Waals surface area contributed by atoms with E-state index in [-0.39, 0.29) is 17.4 Å². The van der Waals surface area contributed by atoms with Crippen LogP contribution in [0.4, 0.5) is 0 Å². The molecule has 2 amide bonds. The van der Waals surface area contributed by atoms with Crippen molar-refractivity contribution < 1.29 is 9.59 Å². The van der Waals surface area contributed by atoms with E-state index >= 15 is 0 Å². The van der Waals surface area contributed by atoms with E-state index in [2.05, 4.69) is 40.1 Å². The molecule has 0 aromatic heterocycles. The third-order valence-electron chi connectivity index (χ3n) is 7.70. The minimum absolute atomic E-state index is 0.139. The monoisotopic (exact) mass is 366 g/mol. The van der Waals surface area contributed by atoms with E-state index in [1.807, 2.05) is 0 Å². The molecule has 1 unspecified atom stereocenters. The van der Waals surface area contributed by atoms with Crippen LogP contribution < -0.4 is 0 Å². The standard InChI is InChI=1S/C23H30N2O2/c26-21(18-9-6-10-18)24-15-11-19(12-16-24)25-20(17-7-2-1-3-8-17)23(22(25)27)13-4-5-14-23/h1-3,7-8,18-20H,4-6,9-16H2. The van der Waals surface area contributed by atoms with Gasteiger partial charge in [-0.15, -0.1) is 0 Å². The summed E-state index contributed by atoms with van der Waals surface area (Å²) in [6.07, 6.45) is 9.66. The molecule has 2 saturated heterocycles. The normalized spacial score (nSPS) is 28.3. The molecule has 144 valence electrons. The topological polar surface area (TPSA) is 40.6 Å². The van der Waals surface area contributed by atoms with E-state index in [0.29, 0.717) is 17.9 Å². The quantitative estimate of drug-likeness (QED) is 0.761. The Morgan fingerprint density at radius 1 is 0.926 bits per heavy atom. The summed E-state index contributed by atoms with van der Waals surface area (Å²) in [5.74, 6) is 1.03. The van der Waals surface area contributed by atoms with Crippen LogP contribution in [0, 0.1) is 11.3 Å². The average Bonchev–Trinajstić information content (AvgIpc) is 3.17. The van der Waals surface area contributed by atoms with Crippen LogP contribution in [0.15, 0.2) is 30.3 Å². The predicted molar refractivity (Wildman–Crippen MR) is 104 cm³/mol. The number of rotatable bonds is 3. The number of benzene rings is 1. The van der Waals surface area contributed by atoms with Gasteiger partial charge in [0.25, 0.3) is 0 Å². The van der Waals surface area contributed by atoms with Crippen LogP contribution >= 0.6 is 0 Å². The van der Waals surface area contributed by atoms with Gasteiger partial charge in [-0.05, 0) is 44.1 Å². The molecule has 5 rings (SSSR count). The lowest BCUT2D eigenvalue weighted by molar-refractivity contribution is -0.181. The van der Waals surface area contributed by atoms with Crippen molar-refractivity contribution in [3.63, 3.8) is 0 Å². The third kappa shape index (κ3) is 2.63. The summed E-state index contributed by atoms with van der Waals surface area (Å²) in [4.78, 5) is 30.1. The van der Waals surface area contributed by atoms with Gasteiger partial charge in [-0.3, -0.25) is 9.59 Å². The largest absolute Gasteiger partial charge is 0.342 e. The van der Waals surface area contributed by atoms with E-state index in [1.54, 1.807) is 0 Å². The number of carbonyl (C=O) groups is 2. The SMILES string of the molecule is O=C(C1CCC1)N1CCC(N2C(=O)C3(CCCC3)C2c2ccccc2)CC1. The Morgan fingerprint density at radius 3 is 2.19 bits per heavy atom. The number of hydrogen-bond donors (Lipinski definition) is 0. The van der Waals surface area contributed by atoms with Crippen molar-refractivity contribution in [2.24, 2.45) is 11.3 Å². The van der Waals surface area contributed by atoms with Gasteiger partial charge in [-0.2, -0.15) is 0 Å². The molecule has 2 aliphatic carbocycles. The van der Waals surface area contributed by atoms with Crippen molar-refractivity contribution in [2.75, 3.05) is 13.1 Å². The number of amides is 2. The Kier molecular flexibility index (Phi) is 4.25. The maximum absolute atomic E-state index is 13.3. The second kappa shape index (κ2) is 6.65. The predicted octanol–water partition coefficient (Wildman–Crippen LogP) is 3.92. The zero-order chi connectivity index (χ0) is 18.4. The molecule has 1 spiro atoms. The Bertz CT molecular complexity index is 713. The zero-order valence-corrected chi connectivity index (χ0v) is 16.1. The highest BCUT2D eigenvalue weighted by molar-refractivity contribution is 5.91. The first kappa shape index (κ1) is 17.3. The van der Waals surface area contributed by atoms with Crippen molar-refractivity contribution in [3.8, 4) is 0 Å². The average molecular weight is 367 g/mol. The molecular weight excluding hydrogens is 336 g/mol. The van der Waals surface area contributed by atoms with E-state index in [1.165, 1.54) is 24.8 Å². The summed E-state index contributed by atoms with van der Waals surface area (Å²) in [5, 5.41) is 0. The first-order valence-electron chi connectivity index (χ1n) is 10.9. The van der Waals surface area contributed by atoms with Gasteiger partial charge in [0.2, 0.25) is 11.8 Å².